The minimum atomic E-state index is -0.526. The zero-order valence-electron chi connectivity index (χ0n) is 8.83. The van der Waals surface area contributed by atoms with Crippen molar-refractivity contribution in [1.82, 2.24) is 10.6 Å². The van der Waals surface area contributed by atoms with E-state index in [0.29, 0.717) is 13.0 Å². The molecule has 0 spiro atoms. The van der Waals surface area contributed by atoms with Crippen molar-refractivity contribution in [1.29, 1.82) is 0 Å². The summed E-state index contributed by atoms with van der Waals surface area (Å²) in [5.41, 5.74) is 0. The number of hydrogen-bond donors (Lipinski definition) is 3. The van der Waals surface area contributed by atoms with E-state index < -0.39 is 12.1 Å². The van der Waals surface area contributed by atoms with Gasteiger partial charge in [0.15, 0.2) is 0 Å². The number of aliphatic hydroxyl groups is 1. The van der Waals surface area contributed by atoms with Gasteiger partial charge >= 0.3 is 0 Å². The number of hydrogen-bond acceptors (Lipinski definition) is 3. The van der Waals surface area contributed by atoms with Gasteiger partial charge in [0, 0.05) is 13.5 Å². The molecule has 0 aromatic carbocycles. The number of rotatable bonds is 5. The van der Waals surface area contributed by atoms with Crippen LogP contribution in [0, 0.1) is 0 Å². The van der Waals surface area contributed by atoms with Gasteiger partial charge in [0.2, 0.25) is 11.8 Å². The molecule has 0 aliphatic rings. The maximum absolute atomic E-state index is 11.3. The molecule has 0 rings (SSSR count). The van der Waals surface area contributed by atoms with Crippen molar-refractivity contribution in [2.75, 3.05) is 6.54 Å². The Bertz CT molecular complexity index is 204. The van der Waals surface area contributed by atoms with Crippen LogP contribution in [0.2, 0.25) is 0 Å². The lowest BCUT2D eigenvalue weighted by molar-refractivity contribution is -0.127. The van der Waals surface area contributed by atoms with Gasteiger partial charge in [-0.05, 0) is 20.3 Å². The first-order valence-electron chi connectivity index (χ1n) is 4.66. The first kappa shape index (κ1) is 12.9. The van der Waals surface area contributed by atoms with Crippen LogP contribution in [0.1, 0.15) is 27.2 Å². The van der Waals surface area contributed by atoms with Crippen LogP contribution in [-0.2, 0) is 9.59 Å². The Hall–Kier alpha value is -1.10. The summed E-state index contributed by atoms with van der Waals surface area (Å²) in [4.78, 5) is 21.9. The van der Waals surface area contributed by atoms with Crippen LogP contribution in [0.15, 0.2) is 0 Å². The molecule has 0 bridgehead atoms. The van der Waals surface area contributed by atoms with E-state index in [4.69, 9.17) is 5.11 Å². The van der Waals surface area contributed by atoms with Crippen LogP contribution in [0.5, 0.6) is 0 Å². The molecule has 0 radical (unpaired) electrons. The molecule has 0 aromatic heterocycles. The number of carbonyl (C=O) groups excluding carboxylic acids is 2. The molecule has 5 nitrogen and oxygen atoms in total. The highest BCUT2D eigenvalue weighted by molar-refractivity contribution is 5.86. The molecule has 0 fully saturated rings. The van der Waals surface area contributed by atoms with Gasteiger partial charge in [-0.25, -0.2) is 0 Å². The van der Waals surface area contributed by atoms with Gasteiger partial charge in [-0.1, -0.05) is 0 Å². The van der Waals surface area contributed by atoms with E-state index in [1.54, 1.807) is 13.8 Å². The lowest BCUT2D eigenvalue weighted by atomic mass is 10.2. The third-order valence-electron chi connectivity index (χ3n) is 1.67. The average Bonchev–Trinajstić information content (AvgIpc) is 2.01. The molecule has 5 heteroatoms. The summed E-state index contributed by atoms with van der Waals surface area (Å²) >= 11 is 0. The third kappa shape index (κ3) is 6.42. The van der Waals surface area contributed by atoms with E-state index >= 15 is 0 Å². The highest BCUT2D eigenvalue weighted by Gasteiger charge is 2.12. The first-order chi connectivity index (χ1) is 6.43. The summed E-state index contributed by atoms with van der Waals surface area (Å²) in [7, 11) is 0. The summed E-state index contributed by atoms with van der Waals surface area (Å²) in [5.74, 6) is -0.468. The maximum Gasteiger partial charge on any atom is 0.242 e. The molecule has 82 valence electrons. The van der Waals surface area contributed by atoms with Crippen molar-refractivity contribution in [2.45, 2.75) is 39.3 Å². The smallest absolute Gasteiger partial charge is 0.242 e. The topological polar surface area (TPSA) is 78.4 Å². The molecular formula is C9H18N2O3. The van der Waals surface area contributed by atoms with Crippen LogP contribution in [0.25, 0.3) is 0 Å². The predicted octanol–water partition coefficient (Wildman–Crippen LogP) is -0.602. The molecule has 0 aliphatic carbocycles. The Morgan fingerprint density at radius 3 is 2.36 bits per heavy atom. The van der Waals surface area contributed by atoms with Crippen LogP contribution < -0.4 is 10.6 Å². The quantitative estimate of drug-likeness (QED) is 0.557. The molecular weight excluding hydrogens is 184 g/mol. The van der Waals surface area contributed by atoms with E-state index in [0.717, 1.165) is 0 Å². The van der Waals surface area contributed by atoms with Crippen LogP contribution in [0.4, 0.5) is 0 Å². The van der Waals surface area contributed by atoms with Crippen molar-refractivity contribution in [3.8, 4) is 0 Å². The molecule has 0 saturated heterocycles. The summed E-state index contributed by atoms with van der Waals surface area (Å²) in [5, 5.41) is 14.0. The zero-order chi connectivity index (χ0) is 11.1. The summed E-state index contributed by atoms with van der Waals surface area (Å²) in [6.07, 6.45) is 0.0878. The van der Waals surface area contributed by atoms with Crippen molar-refractivity contribution in [2.24, 2.45) is 0 Å². The zero-order valence-corrected chi connectivity index (χ0v) is 8.83. The van der Waals surface area contributed by atoms with Gasteiger partial charge in [-0.3, -0.25) is 9.59 Å². The van der Waals surface area contributed by atoms with Crippen LogP contribution in [-0.4, -0.2) is 35.6 Å². The molecule has 14 heavy (non-hydrogen) atoms. The molecule has 0 heterocycles. The first-order valence-corrected chi connectivity index (χ1v) is 4.66. The Morgan fingerprint density at radius 2 is 1.93 bits per heavy atom. The fraction of sp³-hybridized carbons (Fsp3) is 0.778. The fourth-order valence-electron chi connectivity index (χ4n) is 0.928. The van der Waals surface area contributed by atoms with Crippen LogP contribution in [0.3, 0.4) is 0 Å². The number of carbonyl (C=O) groups is 2. The number of nitrogens with one attached hydrogen (secondary N) is 2. The highest BCUT2D eigenvalue weighted by atomic mass is 16.3. The maximum atomic E-state index is 11.3. The molecule has 2 unspecified atom stereocenters. The minimum absolute atomic E-state index is 0.233. The summed E-state index contributed by atoms with van der Waals surface area (Å²) in [6, 6.07) is -0.526. The van der Waals surface area contributed by atoms with Crippen molar-refractivity contribution in [3.63, 3.8) is 0 Å². The largest absolute Gasteiger partial charge is 0.393 e. The lowest BCUT2D eigenvalue weighted by Crippen LogP contribution is -2.44. The van der Waals surface area contributed by atoms with E-state index in [-0.39, 0.29) is 11.8 Å². The standard InChI is InChI=1S/C9H18N2O3/c1-6(12)4-5-10-9(14)7(2)11-8(3)13/h6-7,12H,4-5H2,1-3H3,(H,10,14)(H,11,13). The molecule has 0 aromatic rings. The normalized spacial score (nSPS) is 14.3. The van der Waals surface area contributed by atoms with Gasteiger partial charge < -0.3 is 15.7 Å². The predicted molar refractivity (Wildman–Crippen MR) is 52.6 cm³/mol. The monoisotopic (exact) mass is 202 g/mol. The molecule has 2 amide bonds. The second-order valence-corrected chi connectivity index (χ2v) is 3.35. The van der Waals surface area contributed by atoms with E-state index in [1.165, 1.54) is 6.92 Å². The van der Waals surface area contributed by atoms with Crippen LogP contribution >= 0.6 is 0 Å². The second-order valence-electron chi connectivity index (χ2n) is 3.35. The van der Waals surface area contributed by atoms with Gasteiger partial charge in [0.05, 0.1) is 6.10 Å². The molecule has 2 atom stereocenters. The molecule has 3 N–H and O–H groups in total. The Balaban J connectivity index is 3.67. The fourth-order valence-corrected chi connectivity index (χ4v) is 0.928. The van der Waals surface area contributed by atoms with Gasteiger partial charge in [-0.15, -0.1) is 0 Å². The Labute approximate surface area is 83.9 Å². The van der Waals surface area contributed by atoms with Crippen molar-refractivity contribution < 1.29 is 14.7 Å². The van der Waals surface area contributed by atoms with E-state index in [9.17, 15) is 9.59 Å². The van der Waals surface area contributed by atoms with Gasteiger partial charge in [-0.2, -0.15) is 0 Å². The molecule has 0 aliphatic heterocycles. The highest BCUT2D eigenvalue weighted by Crippen LogP contribution is 1.87. The van der Waals surface area contributed by atoms with Gasteiger partial charge in [0.1, 0.15) is 6.04 Å². The summed E-state index contributed by atoms with van der Waals surface area (Å²) in [6.45, 7) is 5.04. The minimum Gasteiger partial charge on any atom is -0.393 e. The van der Waals surface area contributed by atoms with Gasteiger partial charge in [0.25, 0.3) is 0 Å². The average molecular weight is 202 g/mol. The lowest BCUT2D eigenvalue weighted by Gasteiger charge is -2.13. The Morgan fingerprint density at radius 1 is 1.36 bits per heavy atom. The van der Waals surface area contributed by atoms with Crippen molar-refractivity contribution in [3.05, 3.63) is 0 Å². The molecule has 0 saturated carbocycles. The number of aliphatic hydroxyl groups excluding tert-OH is 1. The third-order valence-corrected chi connectivity index (χ3v) is 1.67. The SMILES string of the molecule is CC(=O)NC(C)C(=O)NCCC(C)O. The Kier molecular flexibility index (Phi) is 5.87. The van der Waals surface area contributed by atoms with E-state index in [1.807, 2.05) is 0 Å². The van der Waals surface area contributed by atoms with E-state index in [2.05, 4.69) is 10.6 Å². The second kappa shape index (κ2) is 6.37. The summed E-state index contributed by atoms with van der Waals surface area (Å²) < 4.78 is 0. The number of amides is 2. The van der Waals surface area contributed by atoms with Crippen molar-refractivity contribution >= 4 is 11.8 Å².